The molecule has 0 heteroatoms. The van der Waals surface area contributed by atoms with E-state index in [1.54, 1.807) is 0 Å². The molecule has 0 aromatic heterocycles. The molecule has 0 amide bonds. The van der Waals surface area contributed by atoms with Crippen LogP contribution in [0.1, 0.15) is 90.9 Å². The van der Waals surface area contributed by atoms with E-state index in [0.717, 1.165) is 11.8 Å². The minimum absolute atomic E-state index is 1.02. The zero-order valence-corrected chi connectivity index (χ0v) is 13.9. The van der Waals surface area contributed by atoms with Crippen LogP contribution in [0.15, 0.2) is 24.3 Å². The zero-order valence-electron chi connectivity index (χ0n) is 13.9. The molecule has 20 heavy (non-hydrogen) atoms. The van der Waals surface area contributed by atoms with E-state index in [1.807, 2.05) is 0 Å². The average Bonchev–Trinajstić information content (AvgIpc) is 2.48. The first-order chi connectivity index (χ1) is 9.86. The Morgan fingerprint density at radius 3 is 1.85 bits per heavy atom. The standard InChI is InChI=1S/C20H36/c1-3-5-7-8-9-10-12-14-20-17-15-19(16-18-20)13-11-6-4-2/h4,6,9-10,19-20H,3,5,7-8,11-18H2,1-2H3. The summed E-state index contributed by atoms with van der Waals surface area (Å²) in [7, 11) is 0. The van der Waals surface area contributed by atoms with E-state index in [9.17, 15) is 0 Å². The van der Waals surface area contributed by atoms with Crippen molar-refractivity contribution in [2.75, 3.05) is 0 Å². The zero-order chi connectivity index (χ0) is 14.5. The number of unbranched alkanes of at least 4 members (excludes halogenated alkanes) is 3. The fourth-order valence-corrected chi connectivity index (χ4v) is 3.39. The summed E-state index contributed by atoms with van der Waals surface area (Å²) < 4.78 is 0. The third-order valence-corrected chi connectivity index (χ3v) is 4.83. The van der Waals surface area contributed by atoms with Crippen molar-refractivity contribution >= 4 is 0 Å². The van der Waals surface area contributed by atoms with Crippen molar-refractivity contribution in [2.24, 2.45) is 11.8 Å². The third-order valence-electron chi connectivity index (χ3n) is 4.83. The maximum absolute atomic E-state index is 2.44. The van der Waals surface area contributed by atoms with Crippen molar-refractivity contribution in [3.05, 3.63) is 24.3 Å². The Labute approximate surface area is 127 Å². The Balaban J connectivity index is 1.99. The second kappa shape index (κ2) is 12.2. The van der Waals surface area contributed by atoms with E-state index in [0.29, 0.717) is 0 Å². The van der Waals surface area contributed by atoms with Gasteiger partial charge in [0, 0.05) is 0 Å². The first-order valence-electron chi connectivity index (χ1n) is 9.13. The number of allylic oxidation sites excluding steroid dienone is 4. The fourth-order valence-electron chi connectivity index (χ4n) is 3.39. The van der Waals surface area contributed by atoms with E-state index >= 15 is 0 Å². The predicted octanol–water partition coefficient (Wildman–Crippen LogP) is 7.07. The molecule has 0 nitrogen and oxygen atoms in total. The summed E-state index contributed by atoms with van der Waals surface area (Å²) in [5.74, 6) is 2.04. The van der Waals surface area contributed by atoms with Crippen LogP contribution in [0.5, 0.6) is 0 Å². The highest BCUT2D eigenvalue weighted by Gasteiger charge is 2.19. The van der Waals surface area contributed by atoms with Gasteiger partial charge in [0.25, 0.3) is 0 Å². The summed E-state index contributed by atoms with van der Waals surface area (Å²) in [6.45, 7) is 4.41. The lowest BCUT2D eigenvalue weighted by molar-refractivity contribution is 0.255. The van der Waals surface area contributed by atoms with Crippen LogP contribution in [0, 0.1) is 11.8 Å². The summed E-state index contributed by atoms with van der Waals surface area (Å²) in [4.78, 5) is 0. The minimum atomic E-state index is 1.02. The Kier molecular flexibility index (Phi) is 10.7. The van der Waals surface area contributed by atoms with Gasteiger partial charge in [-0.05, 0) is 57.3 Å². The summed E-state index contributed by atoms with van der Waals surface area (Å²) in [5, 5.41) is 0. The first kappa shape index (κ1) is 17.5. The molecule has 0 N–H and O–H groups in total. The van der Waals surface area contributed by atoms with Crippen LogP contribution in [-0.2, 0) is 0 Å². The molecule has 0 atom stereocenters. The van der Waals surface area contributed by atoms with Gasteiger partial charge in [-0.2, -0.15) is 0 Å². The lowest BCUT2D eigenvalue weighted by Gasteiger charge is -2.28. The molecule has 0 saturated heterocycles. The molecule has 1 aliphatic rings. The normalized spacial score (nSPS) is 23.9. The molecule has 0 aromatic rings. The highest BCUT2D eigenvalue weighted by atomic mass is 14.2. The third kappa shape index (κ3) is 8.61. The number of hydrogen-bond acceptors (Lipinski definition) is 0. The molecular weight excluding hydrogens is 240 g/mol. The Hall–Kier alpha value is -0.520. The molecule has 0 heterocycles. The lowest BCUT2D eigenvalue weighted by atomic mass is 9.78. The molecule has 0 aromatic carbocycles. The van der Waals surface area contributed by atoms with Gasteiger partial charge in [-0.15, -0.1) is 0 Å². The van der Waals surface area contributed by atoms with Crippen LogP contribution >= 0.6 is 0 Å². The SMILES string of the molecule is CC=CCCC1CCC(CCC=CCCCCC)CC1. The van der Waals surface area contributed by atoms with Gasteiger partial charge in [0.15, 0.2) is 0 Å². The van der Waals surface area contributed by atoms with E-state index < -0.39 is 0 Å². The monoisotopic (exact) mass is 276 g/mol. The quantitative estimate of drug-likeness (QED) is 0.296. The Bertz CT molecular complexity index is 253. The molecule has 1 fully saturated rings. The molecular formula is C20H36. The molecule has 0 bridgehead atoms. The van der Waals surface area contributed by atoms with E-state index in [-0.39, 0.29) is 0 Å². The average molecular weight is 277 g/mol. The summed E-state index contributed by atoms with van der Waals surface area (Å²) in [6.07, 6.45) is 26.2. The van der Waals surface area contributed by atoms with E-state index in [2.05, 4.69) is 38.2 Å². The van der Waals surface area contributed by atoms with E-state index in [4.69, 9.17) is 0 Å². The second-order valence-corrected chi connectivity index (χ2v) is 6.58. The van der Waals surface area contributed by atoms with Crippen LogP contribution < -0.4 is 0 Å². The smallest absolute Gasteiger partial charge is 0.0348 e. The van der Waals surface area contributed by atoms with E-state index in [1.165, 1.54) is 77.0 Å². The van der Waals surface area contributed by atoms with Gasteiger partial charge in [0.2, 0.25) is 0 Å². The van der Waals surface area contributed by atoms with Crippen molar-refractivity contribution in [1.29, 1.82) is 0 Å². The van der Waals surface area contributed by atoms with Gasteiger partial charge in [0.05, 0.1) is 0 Å². The minimum Gasteiger partial charge on any atom is -0.0917 e. The van der Waals surface area contributed by atoms with Gasteiger partial charge in [-0.3, -0.25) is 0 Å². The fraction of sp³-hybridized carbons (Fsp3) is 0.800. The van der Waals surface area contributed by atoms with Crippen LogP contribution in [0.25, 0.3) is 0 Å². The lowest BCUT2D eigenvalue weighted by Crippen LogP contribution is -2.14. The largest absolute Gasteiger partial charge is 0.0917 e. The summed E-state index contributed by atoms with van der Waals surface area (Å²) in [6, 6.07) is 0. The predicted molar refractivity (Wildman–Crippen MR) is 92.0 cm³/mol. The Morgan fingerprint density at radius 2 is 1.30 bits per heavy atom. The Morgan fingerprint density at radius 1 is 0.750 bits per heavy atom. The molecule has 0 spiro atoms. The maximum Gasteiger partial charge on any atom is -0.0348 e. The van der Waals surface area contributed by atoms with Crippen molar-refractivity contribution in [1.82, 2.24) is 0 Å². The van der Waals surface area contributed by atoms with Crippen LogP contribution in [-0.4, -0.2) is 0 Å². The summed E-state index contributed by atoms with van der Waals surface area (Å²) >= 11 is 0. The van der Waals surface area contributed by atoms with Crippen molar-refractivity contribution in [3.8, 4) is 0 Å². The first-order valence-corrected chi connectivity index (χ1v) is 9.13. The van der Waals surface area contributed by atoms with Gasteiger partial charge >= 0.3 is 0 Å². The molecule has 1 aliphatic carbocycles. The molecule has 1 rings (SSSR count). The van der Waals surface area contributed by atoms with Crippen LogP contribution in [0.2, 0.25) is 0 Å². The van der Waals surface area contributed by atoms with Gasteiger partial charge in [-0.1, -0.05) is 69.8 Å². The molecule has 1 saturated carbocycles. The number of hydrogen-bond donors (Lipinski definition) is 0. The van der Waals surface area contributed by atoms with Crippen LogP contribution in [0.3, 0.4) is 0 Å². The second-order valence-electron chi connectivity index (χ2n) is 6.58. The molecule has 0 radical (unpaired) electrons. The van der Waals surface area contributed by atoms with Crippen molar-refractivity contribution < 1.29 is 0 Å². The topological polar surface area (TPSA) is 0 Å². The highest BCUT2D eigenvalue weighted by molar-refractivity contribution is 4.84. The summed E-state index contributed by atoms with van der Waals surface area (Å²) in [5.41, 5.74) is 0. The highest BCUT2D eigenvalue weighted by Crippen LogP contribution is 2.33. The van der Waals surface area contributed by atoms with Crippen molar-refractivity contribution in [2.45, 2.75) is 90.9 Å². The molecule has 116 valence electrons. The molecule has 0 unspecified atom stereocenters. The van der Waals surface area contributed by atoms with Crippen LogP contribution in [0.4, 0.5) is 0 Å². The van der Waals surface area contributed by atoms with Gasteiger partial charge in [-0.25, -0.2) is 0 Å². The number of rotatable bonds is 10. The molecule has 0 aliphatic heterocycles. The van der Waals surface area contributed by atoms with Crippen molar-refractivity contribution in [3.63, 3.8) is 0 Å². The van der Waals surface area contributed by atoms with Gasteiger partial charge in [0.1, 0.15) is 0 Å². The van der Waals surface area contributed by atoms with Gasteiger partial charge < -0.3 is 0 Å². The maximum atomic E-state index is 2.44.